The summed E-state index contributed by atoms with van der Waals surface area (Å²) in [7, 11) is -2.10. The third-order valence-corrected chi connectivity index (χ3v) is 7.21. The average molecular weight is 515 g/mol. The molecule has 0 amide bonds. The Morgan fingerprint density at radius 3 is 2.49 bits per heavy atom. The number of ether oxygens (including phenoxy) is 1. The van der Waals surface area contributed by atoms with Crippen LogP contribution in [0.4, 0.5) is 10.1 Å². The Bertz CT molecular complexity index is 1560. The molecule has 1 aromatic heterocycles. The lowest BCUT2D eigenvalue weighted by molar-refractivity contribution is 0.0971. The first kappa shape index (κ1) is 24.8. The first-order valence-electron chi connectivity index (χ1n) is 10.7. The molecule has 0 fully saturated rings. The van der Waals surface area contributed by atoms with Gasteiger partial charge >= 0.3 is 0 Å². The van der Waals surface area contributed by atoms with E-state index >= 15 is 0 Å². The second kappa shape index (κ2) is 9.36. The molecule has 0 bridgehead atoms. The number of Topliss-reactive ketones (excluding diaryl/α,β-unsaturated/α-hetero) is 1. The summed E-state index contributed by atoms with van der Waals surface area (Å²) >= 11 is 6.15. The quantitative estimate of drug-likeness (QED) is 0.294. The SMILES string of the molecule is COc1cc(NC(C(=O)c2c[nH]c3cc(F)c(C)cc23)c2ccc(Cl)cc2C)cc(S(C)(=O)=O)c1. The molecule has 2 N–H and O–H groups in total. The Morgan fingerprint density at radius 1 is 1.09 bits per heavy atom. The maximum Gasteiger partial charge on any atom is 0.191 e. The minimum Gasteiger partial charge on any atom is -0.497 e. The number of carbonyl (C=O) groups excluding carboxylic acids is 1. The van der Waals surface area contributed by atoms with E-state index in [0.29, 0.717) is 44.1 Å². The summed E-state index contributed by atoms with van der Waals surface area (Å²) in [5.74, 6) is -0.324. The van der Waals surface area contributed by atoms with Crippen molar-refractivity contribution in [1.29, 1.82) is 0 Å². The summed E-state index contributed by atoms with van der Waals surface area (Å²) in [5, 5.41) is 4.31. The summed E-state index contributed by atoms with van der Waals surface area (Å²) in [6.07, 6.45) is 2.66. The van der Waals surface area contributed by atoms with Crippen molar-refractivity contribution in [3.63, 3.8) is 0 Å². The largest absolute Gasteiger partial charge is 0.497 e. The summed E-state index contributed by atoms with van der Waals surface area (Å²) < 4.78 is 43.8. The number of halogens is 2. The highest BCUT2D eigenvalue weighted by Crippen LogP contribution is 2.33. The zero-order chi connectivity index (χ0) is 25.5. The van der Waals surface area contributed by atoms with Gasteiger partial charge in [-0.3, -0.25) is 4.79 Å². The molecule has 4 aromatic rings. The number of rotatable bonds is 7. The van der Waals surface area contributed by atoms with Crippen molar-refractivity contribution >= 4 is 43.8 Å². The molecule has 1 unspecified atom stereocenters. The highest BCUT2D eigenvalue weighted by molar-refractivity contribution is 7.90. The number of carbonyl (C=O) groups is 1. The molecule has 1 heterocycles. The van der Waals surface area contributed by atoms with Crippen LogP contribution in [-0.2, 0) is 9.84 Å². The smallest absolute Gasteiger partial charge is 0.191 e. The van der Waals surface area contributed by atoms with Gasteiger partial charge in [0.15, 0.2) is 15.6 Å². The lowest BCUT2D eigenvalue weighted by atomic mass is 9.93. The lowest BCUT2D eigenvalue weighted by Crippen LogP contribution is -2.22. The lowest BCUT2D eigenvalue weighted by Gasteiger charge is -2.22. The van der Waals surface area contributed by atoms with E-state index in [4.69, 9.17) is 16.3 Å². The van der Waals surface area contributed by atoms with Gasteiger partial charge in [-0.1, -0.05) is 17.7 Å². The van der Waals surface area contributed by atoms with E-state index in [-0.39, 0.29) is 16.5 Å². The predicted octanol–water partition coefficient (Wildman–Crippen LogP) is 6.03. The zero-order valence-electron chi connectivity index (χ0n) is 19.6. The van der Waals surface area contributed by atoms with Crippen LogP contribution in [0.2, 0.25) is 5.02 Å². The fourth-order valence-electron chi connectivity index (χ4n) is 4.01. The van der Waals surface area contributed by atoms with Crippen LogP contribution in [0, 0.1) is 19.7 Å². The average Bonchev–Trinajstić information content (AvgIpc) is 3.19. The Labute approximate surface area is 208 Å². The number of aromatic nitrogens is 1. The van der Waals surface area contributed by atoms with E-state index in [1.165, 1.54) is 25.3 Å². The number of H-pyrrole nitrogens is 1. The maximum atomic E-state index is 14.1. The highest BCUT2D eigenvalue weighted by Gasteiger charge is 2.27. The Hall–Kier alpha value is -3.36. The van der Waals surface area contributed by atoms with Crippen LogP contribution >= 0.6 is 11.6 Å². The molecule has 182 valence electrons. The predicted molar refractivity (Wildman–Crippen MR) is 136 cm³/mol. The molecular formula is C26H24ClFN2O4S. The number of aromatic amines is 1. The number of aryl methyl sites for hydroxylation is 2. The van der Waals surface area contributed by atoms with Gasteiger partial charge in [0.25, 0.3) is 0 Å². The molecule has 6 nitrogen and oxygen atoms in total. The molecule has 4 rings (SSSR count). The fourth-order valence-corrected chi connectivity index (χ4v) is 4.91. The maximum absolute atomic E-state index is 14.1. The van der Waals surface area contributed by atoms with Gasteiger partial charge in [0, 0.05) is 45.7 Å². The van der Waals surface area contributed by atoms with Crippen molar-refractivity contribution < 1.29 is 22.3 Å². The number of benzene rings is 3. The first-order chi connectivity index (χ1) is 16.5. The molecule has 1 atom stereocenters. The van der Waals surface area contributed by atoms with Crippen molar-refractivity contribution in [1.82, 2.24) is 4.98 Å². The van der Waals surface area contributed by atoms with Crippen LogP contribution in [0.25, 0.3) is 10.9 Å². The van der Waals surface area contributed by atoms with Gasteiger partial charge in [0.1, 0.15) is 17.6 Å². The summed E-state index contributed by atoms with van der Waals surface area (Å²) in [5.41, 5.74) is 3.13. The standard InChI is InChI=1S/C26H24ClFN2O4S/c1-14-7-16(27)5-6-20(14)25(30-17-9-18(34-3)11-19(10-17)35(4,32)33)26(31)22-13-29-24-12-23(28)15(2)8-21(22)24/h5-13,25,29-30H,1-4H3. The molecule has 0 aliphatic heterocycles. The van der Waals surface area contributed by atoms with Crippen molar-refractivity contribution in [3.8, 4) is 5.75 Å². The molecule has 0 saturated carbocycles. The molecule has 35 heavy (non-hydrogen) atoms. The molecule has 9 heteroatoms. The van der Waals surface area contributed by atoms with Gasteiger partial charge in [-0.05, 0) is 66.9 Å². The minimum absolute atomic E-state index is 0.0524. The van der Waals surface area contributed by atoms with Crippen LogP contribution in [0.15, 0.2) is 59.6 Å². The van der Waals surface area contributed by atoms with Crippen LogP contribution in [0.3, 0.4) is 0 Å². The zero-order valence-corrected chi connectivity index (χ0v) is 21.1. The molecule has 0 spiro atoms. The van der Waals surface area contributed by atoms with Gasteiger partial charge < -0.3 is 15.0 Å². The van der Waals surface area contributed by atoms with E-state index in [0.717, 1.165) is 11.8 Å². The topological polar surface area (TPSA) is 88.3 Å². The van der Waals surface area contributed by atoms with Gasteiger partial charge in [-0.15, -0.1) is 0 Å². The number of fused-ring (bicyclic) bond motifs is 1. The molecule has 0 radical (unpaired) electrons. The molecular weight excluding hydrogens is 491 g/mol. The van der Waals surface area contributed by atoms with Crippen molar-refractivity contribution in [2.45, 2.75) is 24.8 Å². The number of anilines is 1. The molecule has 0 aliphatic rings. The second-order valence-corrected chi connectivity index (χ2v) is 10.9. The van der Waals surface area contributed by atoms with E-state index < -0.39 is 15.9 Å². The van der Waals surface area contributed by atoms with Crippen LogP contribution in [-0.4, -0.2) is 32.6 Å². The normalized spacial score (nSPS) is 12.5. The Balaban J connectivity index is 1.86. The number of hydrogen-bond acceptors (Lipinski definition) is 5. The Kier molecular flexibility index (Phi) is 6.62. The third-order valence-electron chi connectivity index (χ3n) is 5.89. The fraction of sp³-hybridized carbons (Fsp3) is 0.192. The number of sulfone groups is 1. The number of methoxy groups -OCH3 is 1. The van der Waals surface area contributed by atoms with E-state index in [1.54, 1.807) is 43.5 Å². The van der Waals surface area contributed by atoms with Crippen LogP contribution < -0.4 is 10.1 Å². The van der Waals surface area contributed by atoms with Crippen molar-refractivity contribution in [3.05, 3.63) is 87.8 Å². The van der Waals surface area contributed by atoms with Gasteiger partial charge in [-0.2, -0.15) is 0 Å². The van der Waals surface area contributed by atoms with Crippen molar-refractivity contribution in [2.75, 3.05) is 18.7 Å². The van der Waals surface area contributed by atoms with E-state index in [9.17, 15) is 17.6 Å². The second-order valence-electron chi connectivity index (χ2n) is 8.46. The summed E-state index contributed by atoms with van der Waals surface area (Å²) in [6.45, 7) is 3.48. The van der Waals surface area contributed by atoms with Crippen molar-refractivity contribution in [2.24, 2.45) is 0 Å². The van der Waals surface area contributed by atoms with E-state index in [2.05, 4.69) is 10.3 Å². The van der Waals surface area contributed by atoms with E-state index in [1.807, 2.05) is 6.92 Å². The highest BCUT2D eigenvalue weighted by atomic mass is 35.5. The molecule has 0 saturated heterocycles. The van der Waals surface area contributed by atoms with Gasteiger partial charge in [-0.25, -0.2) is 12.8 Å². The van der Waals surface area contributed by atoms with Gasteiger partial charge in [0.05, 0.1) is 12.0 Å². The third kappa shape index (κ3) is 5.04. The number of ketones is 1. The number of nitrogens with one attached hydrogen (secondary N) is 2. The molecule has 3 aromatic carbocycles. The number of hydrogen-bond donors (Lipinski definition) is 2. The summed E-state index contributed by atoms with van der Waals surface area (Å²) in [6, 6.07) is 11.8. The summed E-state index contributed by atoms with van der Waals surface area (Å²) in [4.78, 5) is 17.0. The first-order valence-corrected chi connectivity index (χ1v) is 13.0. The van der Waals surface area contributed by atoms with Crippen LogP contribution in [0.1, 0.15) is 33.1 Å². The minimum atomic E-state index is -3.54. The van der Waals surface area contributed by atoms with Gasteiger partial charge in [0.2, 0.25) is 0 Å². The monoisotopic (exact) mass is 514 g/mol. The van der Waals surface area contributed by atoms with Crippen LogP contribution in [0.5, 0.6) is 5.75 Å². The molecule has 0 aliphatic carbocycles. The Morgan fingerprint density at radius 2 is 1.83 bits per heavy atom.